The topological polar surface area (TPSA) is 109 Å². The van der Waals surface area contributed by atoms with Crippen molar-refractivity contribution in [3.05, 3.63) is 53.7 Å². The van der Waals surface area contributed by atoms with Gasteiger partial charge in [-0.1, -0.05) is 18.2 Å². The summed E-state index contributed by atoms with van der Waals surface area (Å²) in [5.74, 6) is -0.457. The van der Waals surface area contributed by atoms with Gasteiger partial charge in [-0.15, -0.1) is 0 Å². The van der Waals surface area contributed by atoms with Crippen LogP contribution < -0.4 is 11.1 Å². The minimum atomic E-state index is -0.844. The number of primary amides is 1. The van der Waals surface area contributed by atoms with E-state index in [4.69, 9.17) is 10.8 Å². The van der Waals surface area contributed by atoms with Crippen LogP contribution >= 0.6 is 0 Å². The minimum absolute atomic E-state index is 0.317. The molecule has 136 valence electrons. The van der Waals surface area contributed by atoms with E-state index in [-0.39, 0.29) is 0 Å². The number of hydrogen-bond acceptors (Lipinski definition) is 4. The van der Waals surface area contributed by atoms with Crippen molar-refractivity contribution in [1.82, 2.24) is 15.2 Å². The van der Waals surface area contributed by atoms with Gasteiger partial charge in [0.15, 0.2) is 0 Å². The number of rotatable bonds is 5. The Hall–Kier alpha value is -2.93. The minimum Gasteiger partial charge on any atom is -0.465 e. The molecule has 2 amide bonds. The molecule has 1 aliphatic rings. The van der Waals surface area contributed by atoms with Gasteiger partial charge in [-0.25, -0.2) is 4.79 Å². The fourth-order valence-electron chi connectivity index (χ4n) is 3.07. The van der Waals surface area contributed by atoms with Gasteiger partial charge in [0, 0.05) is 43.0 Å². The van der Waals surface area contributed by atoms with Crippen LogP contribution in [-0.4, -0.2) is 46.1 Å². The van der Waals surface area contributed by atoms with E-state index >= 15 is 0 Å². The third kappa shape index (κ3) is 4.37. The number of likely N-dealkylation sites (tertiary alicyclic amines) is 1. The van der Waals surface area contributed by atoms with Crippen molar-refractivity contribution < 1.29 is 14.7 Å². The van der Waals surface area contributed by atoms with Gasteiger partial charge >= 0.3 is 6.09 Å². The molecule has 3 rings (SSSR count). The predicted octanol–water partition coefficient (Wildman–Crippen LogP) is 2.08. The van der Waals surface area contributed by atoms with Gasteiger partial charge < -0.3 is 21.1 Å². The van der Waals surface area contributed by atoms with Gasteiger partial charge in [0.1, 0.15) is 0 Å². The summed E-state index contributed by atoms with van der Waals surface area (Å²) in [6.07, 6.45) is 2.60. The zero-order valence-corrected chi connectivity index (χ0v) is 14.4. The summed E-state index contributed by atoms with van der Waals surface area (Å²) in [6, 6.07) is 11.3. The molecule has 0 unspecified atom stereocenters. The average molecular weight is 354 g/mol. The number of hydrogen-bond donors (Lipinski definition) is 3. The average Bonchev–Trinajstić information content (AvgIpc) is 2.67. The van der Waals surface area contributed by atoms with E-state index in [1.165, 1.54) is 4.90 Å². The molecule has 1 aliphatic heterocycles. The Bertz CT molecular complexity index is 784. The van der Waals surface area contributed by atoms with Gasteiger partial charge in [-0.2, -0.15) is 0 Å². The largest absolute Gasteiger partial charge is 0.465 e. The number of nitrogens with two attached hydrogens (primary N) is 1. The maximum atomic E-state index is 11.3. The second-order valence-corrected chi connectivity index (χ2v) is 6.42. The predicted molar refractivity (Wildman–Crippen MR) is 97.7 cm³/mol. The molecule has 0 spiro atoms. The van der Waals surface area contributed by atoms with E-state index in [2.05, 4.69) is 10.3 Å². The van der Waals surface area contributed by atoms with Crippen molar-refractivity contribution in [3.8, 4) is 11.3 Å². The molecular formula is C19H22N4O3. The van der Waals surface area contributed by atoms with E-state index in [1.54, 1.807) is 18.2 Å². The lowest BCUT2D eigenvalue weighted by Gasteiger charge is -2.30. The first-order chi connectivity index (χ1) is 12.5. The van der Waals surface area contributed by atoms with Gasteiger partial charge in [0.25, 0.3) is 0 Å². The first-order valence-electron chi connectivity index (χ1n) is 8.59. The molecule has 0 saturated carbocycles. The monoisotopic (exact) mass is 354 g/mol. The number of nitrogens with one attached hydrogen (secondary N) is 1. The molecule has 0 aliphatic carbocycles. The van der Waals surface area contributed by atoms with Crippen LogP contribution in [0.2, 0.25) is 0 Å². The molecule has 26 heavy (non-hydrogen) atoms. The SMILES string of the molecule is NC(=O)c1cccc(-c2ccc(CNC3CCN(C(=O)O)CC3)cn2)c1. The molecule has 1 fully saturated rings. The highest BCUT2D eigenvalue weighted by molar-refractivity contribution is 5.93. The molecule has 2 aromatic rings. The Morgan fingerprint density at radius 3 is 2.62 bits per heavy atom. The van der Waals surface area contributed by atoms with Crippen molar-refractivity contribution in [2.45, 2.75) is 25.4 Å². The summed E-state index contributed by atoms with van der Waals surface area (Å²) in [4.78, 5) is 28.1. The zero-order valence-electron chi connectivity index (χ0n) is 14.4. The van der Waals surface area contributed by atoms with E-state index in [0.717, 1.165) is 29.7 Å². The quantitative estimate of drug-likeness (QED) is 0.762. The second-order valence-electron chi connectivity index (χ2n) is 6.42. The number of aromatic nitrogens is 1. The van der Waals surface area contributed by atoms with Crippen LogP contribution in [0.15, 0.2) is 42.6 Å². The van der Waals surface area contributed by atoms with Crippen LogP contribution in [0.4, 0.5) is 4.79 Å². The fraction of sp³-hybridized carbons (Fsp3) is 0.316. The molecular weight excluding hydrogens is 332 g/mol. The molecule has 2 heterocycles. The lowest BCUT2D eigenvalue weighted by Crippen LogP contribution is -2.44. The number of nitrogens with zero attached hydrogens (tertiary/aromatic N) is 2. The van der Waals surface area contributed by atoms with Gasteiger partial charge in [0.05, 0.1) is 5.69 Å². The highest BCUT2D eigenvalue weighted by Gasteiger charge is 2.21. The fourth-order valence-corrected chi connectivity index (χ4v) is 3.07. The summed E-state index contributed by atoms with van der Waals surface area (Å²) < 4.78 is 0. The van der Waals surface area contributed by atoms with Gasteiger partial charge in [0.2, 0.25) is 5.91 Å². The van der Waals surface area contributed by atoms with Crippen LogP contribution in [0.5, 0.6) is 0 Å². The zero-order chi connectivity index (χ0) is 18.5. The van der Waals surface area contributed by atoms with Crippen LogP contribution in [0.1, 0.15) is 28.8 Å². The molecule has 1 aromatic heterocycles. The lowest BCUT2D eigenvalue weighted by atomic mass is 10.0. The highest BCUT2D eigenvalue weighted by Crippen LogP contribution is 2.19. The van der Waals surface area contributed by atoms with Crippen molar-refractivity contribution in [3.63, 3.8) is 0 Å². The highest BCUT2D eigenvalue weighted by atomic mass is 16.4. The third-order valence-electron chi connectivity index (χ3n) is 4.63. The maximum Gasteiger partial charge on any atom is 0.407 e. The number of amides is 2. The van der Waals surface area contributed by atoms with Gasteiger partial charge in [-0.05, 0) is 36.6 Å². The standard InChI is InChI=1S/C19H22N4O3/c20-18(24)15-3-1-2-14(10-15)17-5-4-13(12-22-17)11-21-16-6-8-23(9-7-16)19(25)26/h1-5,10,12,16,21H,6-9,11H2,(H2,20,24)(H,25,26). The van der Waals surface area contributed by atoms with Crippen molar-refractivity contribution in [2.24, 2.45) is 5.73 Å². The molecule has 0 atom stereocenters. The Morgan fingerprint density at radius 2 is 2.00 bits per heavy atom. The molecule has 1 saturated heterocycles. The third-order valence-corrected chi connectivity index (χ3v) is 4.63. The van der Waals surface area contributed by atoms with E-state index in [0.29, 0.717) is 31.2 Å². The summed E-state index contributed by atoms with van der Waals surface area (Å²) >= 11 is 0. The maximum absolute atomic E-state index is 11.3. The molecule has 7 nitrogen and oxygen atoms in total. The summed E-state index contributed by atoms with van der Waals surface area (Å²) in [5.41, 5.74) is 8.47. The number of pyridine rings is 1. The number of piperidine rings is 1. The van der Waals surface area contributed by atoms with Crippen LogP contribution in [0, 0.1) is 0 Å². The van der Waals surface area contributed by atoms with Crippen LogP contribution in [0.25, 0.3) is 11.3 Å². The molecule has 7 heteroatoms. The second kappa shape index (κ2) is 7.97. The number of carboxylic acid groups (broad SMARTS) is 1. The van der Waals surface area contributed by atoms with Crippen molar-refractivity contribution >= 4 is 12.0 Å². The first-order valence-corrected chi connectivity index (χ1v) is 8.59. The number of carbonyl (C=O) groups excluding carboxylic acids is 1. The van der Waals surface area contributed by atoms with Crippen molar-refractivity contribution in [2.75, 3.05) is 13.1 Å². The van der Waals surface area contributed by atoms with Gasteiger partial charge in [-0.3, -0.25) is 9.78 Å². The van der Waals surface area contributed by atoms with Crippen LogP contribution in [-0.2, 0) is 6.54 Å². The van der Waals surface area contributed by atoms with E-state index in [1.807, 2.05) is 24.4 Å². The Morgan fingerprint density at radius 1 is 1.23 bits per heavy atom. The van der Waals surface area contributed by atoms with Crippen molar-refractivity contribution in [1.29, 1.82) is 0 Å². The summed E-state index contributed by atoms with van der Waals surface area (Å²) in [5, 5.41) is 12.4. The Labute approximate surface area is 151 Å². The smallest absolute Gasteiger partial charge is 0.407 e. The first kappa shape index (κ1) is 17.9. The van der Waals surface area contributed by atoms with E-state index in [9.17, 15) is 9.59 Å². The summed E-state index contributed by atoms with van der Waals surface area (Å²) in [6.45, 7) is 1.83. The molecule has 4 N–H and O–H groups in total. The van der Waals surface area contributed by atoms with E-state index < -0.39 is 12.0 Å². The Kier molecular flexibility index (Phi) is 5.48. The normalized spacial score (nSPS) is 15.0. The van der Waals surface area contributed by atoms with Crippen LogP contribution in [0.3, 0.4) is 0 Å². The number of carbonyl (C=O) groups is 2. The molecule has 0 radical (unpaired) electrons. The molecule has 1 aromatic carbocycles. The Balaban J connectivity index is 1.56. The molecule has 0 bridgehead atoms. The lowest BCUT2D eigenvalue weighted by molar-refractivity contribution is 0.1000. The summed E-state index contributed by atoms with van der Waals surface area (Å²) in [7, 11) is 0. The number of benzene rings is 1.